The molecule has 0 saturated carbocycles. The first-order valence-electron chi connectivity index (χ1n) is 5.67. The predicted octanol–water partition coefficient (Wildman–Crippen LogP) is 2.00. The molecule has 0 aliphatic heterocycles. The average Bonchev–Trinajstić information content (AvgIpc) is 2.38. The Balaban J connectivity index is 2.39. The van der Waals surface area contributed by atoms with Crippen LogP contribution in [0.4, 0.5) is 11.5 Å². The Hall–Kier alpha value is -1.86. The Morgan fingerprint density at radius 1 is 1.20 bits per heavy atom. The van der Waals surface area contributed by atoms with Gasteiger partial charge in [-0.25, -0.2) is 18.4 Å². The fourth-order valence-corrected chi connectivity index (χ4v) is 2.90. The van der Waals surface area contributed by atoms with Crippen LogP contribution in [-0.4, -0.2) is 32.5 Å². The summed E-state index contributed by atoms with van der Waals surface area (Å²) in [7, 11) is -0.171. The summed E-state index contributed by atoms with van der Waals surface area (Å²) in [6, 6.07) is 5.96. The van der Waals surface area contributed by atoms with Crippen LogP contribution in [0.2, 0.25) is 5.15 Å². The Morgan fingerprint density at radius 3 is 2.60 bits per heavy atom. The van der Waals surface area contributed by atoms with E-state index in [0.717, 1.165) is 0 Å². The molecule has 2 aromatic heterocycles. The molecule has 0 aliphatic carbocycles. The third-order valence-electron chi connectivity index (χ3n) is 2.46. The molecule has 2 aromatic rings. The van der Waals surface area contributed by atoms with Crippen LogP contribution in [-0.2, 0) is 10.0 Å². The van der Waals surface area contributed by atoms with Crippen molar-refractivity contribution in [2.24, 2.45) is 0 Å². The average molecular weight is 313 g/mol. The van der Waals surface area contributed by atoms with Crippen LogP contribution in [0.15, 0.2) is 41.6 Å². The lowest BCUT2D eigenvalue weighted by Crippen LogP contribution is -2.18. The highest BCUT2D eigenvalue weighted by Crippen LogP contribution is 2.24. The zero-order chi connectivity index (χ0) is 14.8. The topological polar surface area (TPSA) is 75.2 Å². The quantitative estimate of drug-likeness (QED) is 0.874. The zero-order valence-corrected chi connectivity index (χ0v) is 12.5. The van der Waals surface area contributed by atoms with Gasteiger partial charge in [-0.15, -0.1) is 0 Å². The number of rotatable bonds is 4. The zero-order valence-electron chi connectivity index (χ0n) is 10.9. The maximum atomic E-state index is 12.3. The van der Waals surface area contributed by atoms with Gasteiger partial charge in [0, 0.05) is 26.5 Å². The third-order valence-corrected chi connectivity index (χ3v) is 4.03. The second-order valence-corrected chi connectivity index (χ2v) is 6.26. The standard InChI is InChI=1S/C12H13ClN4O2S/c1-17(2)12-10(4-3-6-15-12)16-20(18,19)9-5-7-14-11(13)8-9/h3-8,16H,1-2H3. The van der Waals surface area contributed by atoms with Crippen LogP contribution >= 0.6 is 11.6 Å². The van der Waals surface area contributed by atoms with Gasteiger partial charge in [0.15, 0.2) is 5.82 Å². The molecule has 1 N–H and O–H groups in total. The normalized spacial score (nSPS) is 11.2. The van der Waals surface area contributed by atoms with Gasteiger partial charge in [-0.3, -0.25) is 4.72 Å². The van der Waals surface area contributed by atoms with Crippen LogP contribution < -0.4 is 9.62 Å². The number of nitrogens with zero attached hydrogens (tertiary/aromatic N) is 3. The van der Waals surface area contributed by atoms with E-state index >= 15 is 0 Å². The van der Waals surface area contributed by atoms with Crippen LogP contribution in [0, 0.1) is 0 Å². The van der Waals surface area contributed by atoms with Gasteiger partial charge in [0.05, 0.1) is 10.6 Å². The number of hydrogen-bond acceptors (Lipinski definition) is 5. The molecule has 0 radical (unpaired) electrons. The third kappa shape index (κ3) is 3.17. The molecule has 2 heterocycles. The maximum absolute atomic E-state index is 12.3. The lowest BCUT2D eigenvalue weighted by molar-refractivity contribution is 0.601. The molecule has 0 fully saturated rings. The van der Waals surface area contributed by atoms with Gasteiger partial charge < -0.3 is 4.90 Å². The Labute approximate surface area is 122 Å². The van der Waals surface area contributed by atoms with E-state index in [9.17, 15) is 8.42 Å². The summed E-state index contributed by atoms with van der Waals surface area (Å²) in [5.41, 5.74) is 0.394. The van der Waals surface area contributed by atoms with Crippen LogP contribution in [0.3, 0.4) is 0 Å². The summed E-state index contributed by atoms with van der Waals surface area (Å²) in [6.45, 7) is 0. The monoisotopic (exact) mass is 312 g/mol. The number of aromatic nitrogens is 2. The summed E-state index contributed by atoms with van der Waals surface area (Å²) in [4.78, 5) is 9.66. The molecular weight excluding hydrogens is 300 g/mol. The molecule has 0 unspecified atom stereocenters. The first-order valence-corrected chi connectivity index (χ1v) is 7.53. The van der Waals surface area contributed by atoms with Crippen molar-refractivity contribution < 1.29 is 8.42 Å². The smallest absolute Gasteiger partial charge is 0.262 e. The molecule has 0 spiro atoms. The van der Waals surface area contributed by atoms with E-state index < -0.39 is 10.0 Å². The SMILES string of the molecule is CN(C)c1ncccc1NS(=O)(=O)c1ccnc(Cl)c1. The minimum atomic E-state index is -3.73. The van der Waals surface area contributed by atoms with Crippen LogP contribution in [0.25, 0.3) is 0 Å². The number of anilines is 2. The van der Waals surface area contributed by atoms with Gasteiger partial charge in [0.1, 0.15) is 5.15 Å². The van der Waals surface area contributed by atoms with Gasteiger partial charge in [-0.2, -0.15) is 0 Å². The molecule has 2 rings (SSSR count). The van der Waals surface area contributed by atoms with Gasteiger partial charge in [0.2, 0.25) is 0 Å². The summed E-state index contributed by atoms with van der Waals surface area (Å²) < 4.78 is 27.1. The first kappa shape index (κ1) is 14.5. The van der Waals surface area contributed by atoms with Crippen LogP contribution in [0.5, 0.6) is 0 Å². The van der Waals surface area contributed by atoms with E-state index in [0.29, 0.717) is 11.5 Å². The van der Waals surface area contributed by atoms with E-state index in [1.54, 1.807) is 37.3 Å². The molecule has 20 heavy (non-hydrogen) atoms. The molecule has 0 aromatic carbocycles. The van der Waals surface area contributed by atoms with Gasteiger partial charge in [-0.05, 0) is 24.3 Å². The summed E-state index contributed by atoms with van der Waals surface area (Å²) in [5, 5.41) is 0.117. The van der Waals surface area contributed by atoms with Crippen molar-refractivity contribution in [1.82, 2.24) is 9.97 Å². The summed E-state index contributed by atoms with van der Waals surface area (Å²) >= 11 is 5.71. The van der Waals surface area contributed by atoms with Gasteiger partial charge in [0.25, 0.3) is 10.0 Å². The van der Waals surface area contributed by atoms with E-state index in [1.165, 1.54) is 18.3 Å². The maximum Gasteiger partial charge on any atom is 0.262 e. The summed E-state index contributed by atoms with van der Waals surface area (Å²) in [6.07, 6.45) is 2.93. The first-order chi connectivity index (χ1) is 9.40. The van der Waals surface area contributed by atoms with E-state index in [-0.39, 0.29) is 10.0 Å². The molecule has 0 aliphatic rings. The van der Waals surface area contributed by atoms with E-state index in [2.05, 4.69) is 14.7 Å². The predicted molar refractivity (Wildman–Crippen MR) is 78.6 cm³/mol. The molecule has 6 nitrogen and oxygen atoms in total. The van der Waals surface area contributed by atoms with Gasteiger partial charge in [-0.1, -0.05) is 11.6 Å². The highest BCUT2D eigenvalue weighted by molar-refractivity contribution is 7.92. The highest BCUT2D eigenvalue weighted by Gasteiger charge is 2.17. The minimum absolute atomic E-state index is 0.0473. The number of nitrogens with one attached hydrogen (secondary N) is 1. The van der Waals surface area contributed by atoms with Crippen molar-refractivity contribution in [1.29, 1.82) is 0 Å². The Morgan fingerprint density at radius 2 is 1.95 bits per heavy atom. The second kappa shape index (κ2) is 5.64. The van der Waals surface area contributed by atoms with Gasteiger partial charge >= 0.3 is 0 Å². The molecule has 0 saturated heterocycles. The summed E-state index contributed by atoms with van der Waals surface area (Å²) in [5.74, 6) is 0.524. The van der Waals surface area contributed by atoms with Crippen molar-refractivity contribution in [2.75, 3.05) is 23.7 Å². The molecular formula is C12H13ClN4O2S. The number of halogens is 1. The number of hydrogen-bond donors (Lipinski definition) is 1. The number of pyridine rings is 2. The van der Waals surface area contributed by atoms with Crippen molar-refractivity contribution in [3.05, 3.63) is 41.8 Å². The lowest BCUT2D eigenvalue weighted by atomic mass is 10.4. The second-order valence-electron chi connectivity index (χ2n) is 4.19. The van der Waals surface area contributed by atoms with Crippen molar-refractivity contribution >= 4 is 33.1 Å². The van der Waals surface area contributed by atoms with Crippen molar-refractivity contribution in [3.63, 3.8) is 0 Å². The molecule has 0 bridgehead atoms. The highest BCUT2D eigenvalue weighted by atomic mass is 35.5. The Bertz CT molecular complexity index is 719. The molecule has 0 atom stereocenters. The largest absolute Gasteiger partial charge is 0.361 e. The Kier molecular flexibility index (Phi) is 4.10. The van der Waals surface area contributed by atoms with Crippen molar-refractivity contribution in [2.45, 2.75) is 4.90 Å². The minimum Gasteiger partial charge on any atom is -0.361 e. The van der Waals surface area contributed by atoms with Crippen LogP contribution in [0.1, 0.15) is 0 Å². The van der Waals surface area contributed by atoms with E-state index in [1.807, 2.05) is 0 Å². The molecule has 8 heteroatoms. The van der Waals surface area contributed by atoms with Crippen molar-refractivity contribution in [3.8, 4) is 0 Å². The molecule has 106 valence electrons. The fraction of sp³-hybridized carbons (Fsp3) is 0.167. The van der Waals surface area contributed by atoms with E-state index in [4.69, 9.17) is 11.6 Å². The number of sulfonamides is 1. The molecule has 0 amide bonds. The lowest BCUT2D eigenvalue weighted by Gasteiger charge is -2.16. The fourth-order valence-electron chi connectivity index (χ4n) is 1.59.